The van der Waals surface area contributed by atoms with Gasteiger partial charge >= 0.3 is 0 Å². The Bertz CT molecular complexity index is 506. The van der Waals surface area contributed by atoms with Gasteiger partial charge < -0.3 is 10.6 Å². The van der Waals surface area contributed by atoms with E-state index in [4.69, 9.17) is 0 Å². The number of hydrogen-bond donors (Lipinski definition) is 2. The molecule has 0 saturated heterocycles. The van der Waals surface area contributed by atoms with Gasteiger partial charge in [-0.15, -0.1) is 0 Å². The molecular formula is C14H17BrN2O. The van der Waals surface area contributed by atoms with Gasteiger partial charge in [0.15, 0.2) is 0 Å². The Balaban J connectivity index is 2.98. The average molecular weight is 309 g/mol. The van der Waals surface area contributed by atoms with Crippen molar-refractivity contribution in [3.8, 4) is 0 Å². The Labute approximate surface area is 116 Å². The SMILES string of the molecule is C=C(C)/C(Br)=C(\NC)NC(=O)c1ccccc1C. The average Bonchev–Trinajstić information content (AvgIpc) is 2.35. The lowest BCUT2D eigenvalue weighted by Crippen LogP contribution is -2.31. The van der Waals surface area contributed by atoms with Crippen LogP contribution in [0.3, 0.4) is 0 Å². The molecule has 0 aliphatic carbocycles. The molecule has 0 spiro atoms. The van der Waals surface area contributed by atoms with E-state index in [2.05, 4.69) is 33.1 Å². The molecule has 1 rings (SSSR count). The second-order valence-electron chi connectivity index (χ2n) is 3.99. The van der Waals surface area contributed by atoms with Crippen molar-refractivity contribution in [2.75, 3.05) is 7.05 Å². The van der Waals surface area contributed by atoms with Gasteiger partial charge in [-0.1, -0.05) is 24.8 Å². The monoisotopic (exact) mass is 308 g/mol. The summed E-state index contributed by atoms with van der Waals surface area (Å²) in [6, 6.07) is 7.46. The molecule has 18 heavy (non-hydrogen) atoms. The zero-order chi connectivity index (χ0) is 13.7. The molecule has 0 aliphatic heterocycles. The molecule has 0 heterocycles. The van der Waals surface area contributed by atoms with Crippen molar-refractivity contribution >= 4 is 21.8 Å². The Hall–Kier alpha value is -1.55. The number of benzene rings is 1. The molecule has 0 aromatic heterocycles. The maximum Gasteiger partial charge on any atom is 0.257 e. The van der Waals surface area contributed by atoms with E-state index < -0.39 is 0 Å². The fourth-order valence-corrected chi connectivity index (χ4v) is 1.75. The fraction of sp³-hybridized carbons (Fsp3) is 0.214. The Morgan fingerprint density at radius 3 is 2.44 bits per heavy atom. The highest BCUT2D eigenvalue weighted by Gasteiger charge is 2.11. The molecule has 0 unspecified atom stereocenters. The summed E-state index contributed by atoms with van der Waals surface area (Å²) in [7, 11) is 1.75. The molecule has 3 nitrogen and oxygen atoms in total. The Morgan fingerprint density at radius 2 is 1.94 bits per heavy atom. The summed E-state index contributed by atoms with van der Waals surface area (Å²) in [4.78, 5) is 12.1. The van der Waals surface area contributed by atoms with E-state index in [1.54, 1.807) is 13.1 Å². The normalized spacial score (nSPS) is 11.6. The summed E-state index contributed by atoms with van der Waals surface area (Å²) in [5.41, 5.74) is 2.44. The van der Waals surface area contributed by atoms with E-state index in [-0.39, 0.29) is 5.91 Å². The van der Waals surface area contributed by atoms with Crippen LogP contribution < -0.4 is 10.6 Å². The number of allylic oxidation sites excluding steroid dienone is 2. The lowest BCUT2D eigenvalue weighted by molar-refractivity contribution is 0.0963. The van der Waals surface area contributed by atoms with Gasteiger partial charge in [0, 0.05) is 12.6 Å². The quantitative estimate of drug-likeness (QED) is 0.839. The maximum atomic E-state index is 12.1. The molecule has 1 aromatic rings. The predicted octanol–water partition coefficient (Wildman–Crippen LogP) is 3.08. The number of carbonyl (C=O) groups excluding carboxylic acids is 1. The molecule has 0 atom stereocenters. The van der Waals surface area contributed by atoms with Gasteiger partial charge in [0.05, 0.1) is 4.48 Å². The molecule has 1 aromatic carbocycles. The third-order valence-electron chi connectivity index (χ3n) is 2.47. The summed E-state index contributed by atoms with van der Waals surface area (Å²) < 4.78 is 0.756. The van der Waals surface area contributed by atoms with Crippen LogP contribution in [0.25, 0.3) is 0 Å². The van der Waals surface area contributed by atoms with Crippen molar-refractivity contribution in [3.63, 3.8) is 0 Å². The minimum atomic E-state index is -0.143. The van der Waals surface area contributed by atoms with Crippen LogP contribution in [0.4, 0.5) is 0 Å². The lowest BCUT2D eigenvalue weighted by atomic mass is 10.1. The number of rotatable bonds is 4. The molecule has 2 N–H and O–H groups in total. The molecule has 0 fully saturated rings. The largest absolute Gasteiger partial charge is 0.374 e. The van der Waals surface area contributed by atoms with Crippen molar-refractivity contribution in [2.45, 2.75) is 13.8 Å². The van der Waals surface area contributed by atoms with E-state index in [1.807, 2.05) is 32.0 Å². The zero-order valence-corrected chi connectivity index (χ0v) is 12.4. The van der Waals surface area contributed by atoms with Gasteiger partial charge in [-0.2, -0.15) is 0 Å². The van der Waals surface area contributed by atoms with Gasteiger partial charge in [0.2, 0.25) is 0 Å². The fourth-order valence-electron chi connectivity index (χ4n) is 1.45. The van der Waals surface area contributed by atoms with Crippen molar-refractivity contribution in [2.24, 2.45) is 0 Å². The second-order valence-corrected chi connectivity index (χ2v) is 4.78. The number of halogens is 1. The van der Waals surface area contributed by atoms with E-state index >= 15 is 0 Å². The van der Waals surface area contributed by atoms with Crippen LogP contribution in [0.15, 0.2) is 46.7 Å². The maximum absolute atomic E-state index is 12.1. The molecule has 4 heteroatoms. The summed E-state index contributed by atoms with van der Waals surface area (Å²) >= 11 is 3.39. The van der Waals surface area contributed by atoms with Crippen molar-refractivity contribution in [1.29, 1.82) is 0 Å². The lowest BCUT2D eigenvalue weighted by Gasteiger charge is -2.13. The molecule has 0 bridgehead atoms. The van der Waals surface area contributed by atoms with Crippen molar-refractivity contribution in [3.05, 3.63) is 57.8 Å². The minimum absolute atomic E-state index is 0.143. The molecular weight excluding hydrogens is 292 g/mol. The number of nitrogens with one attached hydrogen (secondary N) is 2. The van der Waals surface area contributed by atoms with Crippen LogP contribution in [0, 0.1) is 6.92 Å². The first-order chi connectivity index (χ1) is 8.47. The molecule has 0 saturated carbocycles. The van der Waals surface area contributed by atoms with Gasteiger partial charge in [0.1, 0.15) is 5.82 Å². The van der Waals surface area contributed by atoms with E-state index in [9.17, 15) is 4.79 Å². The highest BCUT2D eigenvalue weighted by molar-refractivity contribution is 9.12. The summed E-state index contributed by atoms with van der Waals surface area (Å²) in [5, 5.41) is 5.77. The highest BCUT2D eigenvalue weighted by atomic mass is 79.9. The Kier molecular flexibility index (Phi) is 5.16. The number of hydrogen-bond acceptors (Lipinski definition) is 2. The first-order valence-electron chi connectivity index (χ1n) is 5.57. The first-order valence-corrected chi connectivity index (χ1v) is 6.37. The van der Waals surface area contributed by atoms with E-state index in [0.29, 0.717) is 11.4 Å². The van der Waals surface area contributed by atoms with Crippen LogP contribution in [-0.2, 0) is 0 Å². The van der Waals surface area contributed by atoms with Gasteiger partial charge in [-0.05, 0) is 47.0 Å². The zero-order valence-electron chi connectivity index (χ0n) is 10.8. The van der Waals surface area contributed by atoms with Crippen LogP contribution in [0.1, 0.15) is 22.8 Å². The van der Waals surface area contributed by atoms with Crippen LogP contribution in [0.2, 0.25) is 0 Å². The Morgan fingerprint density at radius 1 is 1.33 bits per heavy atom. The minimum Gasteiger partial charge on any atom is -0.374 e. The molecule has 96 valence electrons. The molecule has 0 aliphatic rings. The standard InChI is InChI=1S/C14H17BrN2O/c1-9(2)12(15)13(16-4)17-14(18)11-8-6-5-7-10(11)3/h5-8,16H,1H2,2-4H3,(H,17,18)/b13-12-. The summed E-state index contributed by atoms with van der Waals surface area (Å²) in [6.45, 7) is 7.60. The van der Waals surface area contributed by atoms with Crippen molar-refractivity contribution < 1.29 is 4.79 Å². The van der Waals surface area contributed by atoms with Gasteiger partial charge in [-0.25, -0.2) is 0 Å². The van der Waals surface area contributed by atoms with Gasteiger partial charge in [0.25, 0.3) is 5.91 Å². The molecule has 0 radical (unpaired) electrons. The summed E-state index contributed by atoms with van der Waals surface area (Å²) in [6.07, 6.45) is 0. The van der Waals surface area contributed by atoms with Crippen molar-refractivity contribution in [1.82, 2.24) is 10.6 Å². The highest BCUT2D eigenvalue weighted by Crippen LogP contribution is 2.17. The van der Waals surface area contributed by atoms with E-state index in [0.717, 1.165) is 15.6 Å². The third-order valence-corrected chi connectivity index (χ3v) is 3.55. The van der Waals surface area contributed by atoms with Crippen LogP contribution in [-0.4, -0.2) is 13.0 Å². The van der Waals surface area contributed by atoms with Gasteiger partial charge in [-0.3, -0.25) is 4.79 Å². The second kappa shape index (κ2) is 6.40. The number of aryl methyl sites for hydroxylation is 1. The number of amides is 1. The number of carbonyl (C=O) groups is 1. The van der Waals surface area contributed by atoms with Crippen LogP contribution >= 0.6 is 15.9 Å². The molecule has 1 amide bonds. The van der Waals surface area contributed by atoms with Crippen LogP contribution in [0.5, 0.6) is 0 Å². The van der Waals surface area contributed by atoms with E-state index in [1.165, 1.54) is 0 Å². The first kappa shape index (κ1) is 14.5. The third kappa shape index (κ3) is 3.47. The summed E-state index contributed by atoms with van der Waals surface area (Å²) in [5.74, 6) is 0.464. The smallest absolute Gasteiger partial charge is 0.257 e. The topological polar surface area (TPSA) is 41.1 Å². The predicted molar refractivity (Wildman–Crippen MR) is 78.5 cm³/mol.